The number of rotatable bonds is 7. The number of aliphatic hydroxyl groups excluding tert-OH is 1. The SMILES string of the molecule is CC(CO)Nc1nccc(-c2c(-c3ccc(F)cc3)nn3c(OCC(F)(F)F)cccc23)n1. The molecule has 0 amide bonds. The molecule has 4 aromatic rings. The molecule has 3 heterocycles. The number of alkyl halides is 3. The van der Waals surface area contributed by atoms with Gasteiger partial charge >= 0.3 is 6.18 Å². The molecule has 1 aromatic carbocycles. The van der Waals surface area contributed by atoms with Crippen LogP contribution in [0.3, 0.4) is 0 Å². The molecular weight excluding hydrogens is 442 g/mol. The highest BCUT2D eigenvalue weighted by Crippen LogP contribution is 2.36. The van der Waals surface area contributed by atoms with E-state index in [0.29, 0.717) is 28.0 Å². The number of hydrogen-bond donors (Lipinski definition) is 2. The van der Waals surface area contributed by atoms with Crippen LogP contribution in [-0.4, -0.2) is 50.1 Å². The number of benzene rings is 1. The Hall–Kier alpha value is -3.73. The van der Waals surface area contributed by atoms with E-state index in [9.17, 15) is 22.7 Å². The standard InChI is InChI=1S/C22H19F4N5O2/c1-13(11-32)28-21-27-10-9-16(29-21)19-17-3-2-4-18(33-12-22(24,25)26)31(17)30-20(19)14-5-7-15(23)8-6-14/h2-10,13,32H,11-12H2,1H3,(H,27,28,29). The highest BCUT2D eigenvalue weighted by atomic mass is 19.4. The zero-order chi connectivity index (χ0) is 23.6. The molecule has 0 aliphatic carbocycles. The number of ether oxygens (including phenoxy) is 1. The average Bonchev–Trinajstić information content (AvgIpc) is 3.18. The van der Waals surface area contributed by atoms with Crippen molar-refractivity contribution in [1.82, 2.24) is 19.6 Å². The second-order valence-electron chi connectivity index (χ2n) is 7.29. The number of aromatic nitrogens is 4. The lowest BCUT2D eigenvalue weighted by atomic mass is 10.0. The van der Waals surface area contributed by atoms with E-state index >= 15 is 0 Å². The summed E-state index contributed by atoms with van der Waals surface area (Å²) < 4.78 is 58.0. The molecule has 0 bridgehead atoms. The number of hydrogen-bond acceptors (Lipinski definition) is 6. The fourth-order valence-electron chi connectivity index (χ4n) is 3.21. The number of fused-ring (bicyclic) bond motifs is 1. The van der Waals surface area contributed by atoms with Crippen LogP contribution < -0.4 is 10.1 Å². The predicted molar refractivity (Wildman–Crippen MR) is 113 cm³/mol. The molecule has 0 spiro atoms. The Balaban J connectivity index is 1.89. The molecule has 0 aliphatic rings. The van der Waals surface area contributed by atoms with E-state index in [1.54, 1.807) is 25.1 Å². The van der Waals surface area contributed by atoms with Gasteiger partial charge in [0.15, 0.2) is 6.61 Å². The largest absolute Gasteiger partial charge is 0.468 e. The van der Waals surface area contributed by atoms with Crippen LogP contribution in [0.1, 0.15) is 6.92 Å². The first-order chi connectivity index (χ1) is 15.7. The molecule has 0 saturated carbocycles. The molecule has 4 rings (SSSR count). The number of pyridine rings is 1. The molecule has 11 heteroatoms. The Bertz CT molecular complexity index is 1260. The summed E-state index contributed by atoms with van der Waals surface area (Å²) in [6.45, 7) is 0.137. The van der Waals surface area contributed by atoms with Crippen molar-refractivity contribution >= 4 is 11.5 Å². The van der Waals surface area contributed by atoms with E-state index in [4.69, 9.17) is 4.74 Å². The number of nitrogens with zero attached hydrogens (tertiary/aromatic N) is 4. The van der Waals surface area contributed by atoms with Crippen molar-refractivity contribution in [3.8, 4) is 28.4 Å². The summed E-state index contributed by atoms with van der Waals surface area (Å²) in [5.74, 6) is -0.298. The van der Waals surface area contributed by atoms with Gasteiger partial charge in [-0.05, 0) is 43.3 Å². The first-order valence-electron chi connectivity index (χ1n) is 9.93. The quantitative estimate of drug-likeness (QED) is 0.399. The number of aliphatic hydroxyl groups is 1. The zero-order valence-corrected chi connectivity index (χ0v) is 17.3. The van der Waals surface area contributed by atoms with Gasteiger partial charge in [-0.3, -0.25) is 0 Å². The number of anilines is 1. The first-order valence-corrected chi connectivity index (χ1v) is 9.93. The van der Waals surface area contributed by atoms with Crippen LogP contribution in [0.15, 0.2) is 54.7 Å². The monoisotopic (exact) mass is 461 g/mol. The van der Waals surface area contributed by atoms with Gasteiger partial charge in [0, 0.05) is 23.9 Å². The van der Waals surface area contributed by atoms with Gasteiger partial charge in [0.05, 0.1) is 23.4 Å². The molecule has 0 fully saturated rings. The van der Waals surface area contributed by atoms with E-state index < -0.39 is 18.6 Å². The smallest absolute Gasteiger partial charge is 0.422 e. The maximum atomic E-state index is 13.5. The molecule has 0 saturated heterocycles. The van der Waals surface area contributed by atoms with Crippen molar-refractivity contribution in [1.29, 1.82) is 0 Å². The summed E-state index contributed by atoms with van der Waals surface area (Å²) in [6, 6.07) is 11.5. The minimum Gasteiger partial charge on any atom is -0.468 e. The second-order valence-corrected chi connectivity index (χ2v) is 7.29. The highest BCUT2D eigenvalue weighted by Gasteiger charge is 2.29. The molecule has 0 radical (unpaired) electrons. The summed E-state index contributed by atoms with van der Waals surface area (Å²) in [7, 11) is 0. The molecule has 1 atom stereocenters. The number of halogens is 4. The molecule has 1 unspecified atom stereocenters. The average molecular weight is 461 g/mol. The van der Waals surface area contributed by atoms with Crippen molar-refractivity contribution in [3.63, 3.8) is 0 Å². The third kappa shape index (κ3) is 5.03. The zero-order valence-electron chi connectivity index (χ0n) is 17.3. The van der Waals surface area contributed by atoms with Crippen LogP contribution in [0, 0.1) is 5.82 Å². The Kier molecular flexibility index (Phi) is 6.14. The van der Waals surface area contributed by atoms with Crippen molar-refractivity contribution < 1.29 is 27.4 Å². The Morgan fingerprint density at radius 2 is 1.88 bits per heavy atom. The topological polar surface area (TPSA) is 84.6 Å². The van der Waals surface area contributed by atoms with E-state index in [0.717, 1.165) is 0 Å². The molecule has 3 aromatic heterocycles. The lowest BCUT2D eigenvalue weighted by Gasteiger charge is -2.12. The third-order valence-electron chi connectivity index (χ3n) is 4.69. The van der Waals surface area contributed by atoms with Crippen molar-refractivity contribution in [3.05, 3.63) is 60.5 Å². The minimum absolute atomic E-state index is 0.110. The van der Waals surface area contributed by atoms with Gasteiger partial charge in [-0.15, -0.1) is 0 Å². The summed E-state index contributed by atoms with van der Waals surface area (Å²) in [6.07, 6.45) is -3.01. The maximum absolute atomic E-state index is 13.5. The summed E-state index contributed by atoms with van der Waals surface area (Å²) in [5, 5.41) is 16.7. The lowest BCUT2D eigenvalue weighted by Crippen LogP contribution is -2.20. The van der Waals surface area contributed by atoms with Crippen molar-refractivity contribution in [2.45, 2.75) is 19.1 Å². The normalized spacial score (nSPS) is 12.7. The van der Waals surface area contributed by atoms with Gasteiger partial charge in [0.25, 0.3) is 0 Å². The fraction of sp³-hybridized carbons (Fsp3) is 0.227. The molecule has 172 valence electrons. The summed E-state index contributed by atoms with van der Waals surface area (Å²) >= 11 is 0. The van der Waals surface area contributed by atoms with Crippen LogP contribution in [0.5, 0.6) is 5.88 Å². The van der Waals surface area contributed by atoms with Crippen LogP contribution in [-0.2, 0) is 0 Å². The summed E-state index contributed by atoms with van der Waals surface area (Å²) in [5.41, 5.74) is 2.28. The first kappa shape index (κ1) is 22.5. The second kappa shape index (κ2) is 9.02. The Morgan fingerprint density at radius 1 is 1.12 bits per heavy atom. The minimum atomic E-state index is -4.52. The maximum Gasteiger partial charge on any atom is 0.422 e. The molecule has 33 heavy (non-hydrogen) atoms. The van der Waals surface area contributed by atoms with Crippen LogP contribution in [0.25, 0.3) is 28.0 Å². The van der Waals surface area contributed by atoms with E-state index in [1.807, 2.05) is 0 Å². The van der Waals surface area contributed by atoms with Gasteiger partial charge < -0.3 is 15.2 Å². The van der Waals surface area contributed by atoms with Crippen molar-refractivity contribution in [2.75, 3.05) is 18.5 Å². The third-order valence-corrected chi connectivity index (χ3v) is 4.69. The highest BCUT2D eigenvalue weighted by molar-refractivity contribution is 5.91. The van der Waals surface area contributed by atoms with E-state index in [2.05, 4.69) is 20.4 Å². The van der Waals surface area contributed by atoms with Gasteiger partial charge in [0.1, 0.15) is 11.5 Å². The predicted octanol–water partition coefficient (Wildman–Crippen LogP) is 4.33. The van der Waals surface area contributed by atoms with Gasteiger partial charge in [0.2, 0.25) is 11.8 Å². The Labute approximate surface area is 185 Å². The summed E-state index contributed by atoms with van der Waals surface area (Å²) in [4.78, 5) is 8.64. The molecule has 2 N–H and O–H groups in total. The van der Waals surface area contributed by atoms with E-state index in [1.165, 1.54) is 41.0 Å². The molecular formula is C22H19F4N5O2. The lowest BCUT2D eigenvalue weighted by molar-refractivity contribution is -0.154. The van der Waals surface area contributed by atoms with Gasteiger partial charge in [-0.25, -0.2) is 14.4 Å². The fourth-order valence-corrected chi connectivity index (χ4v) is 3.21. The van der Waals surface area contributed by atoms with Gasteiger partial charge in [-0.1, -0.05) is 6.07 Å². The van der Waals surface area contributed by atoms with Crippen LogP contribution in [0.4, 0.5) is 23.5 Å². The van der Waals surface area contributed by atoms with Crippen LogP contribution >= 0.6 is 0 Å². The number of nitrogens with one attached hydrogen (secondary N) is 1. The molecule has 0 aliphatic heterocycles. The van der Waals surface area contributed by atoms with Gasteiger partial charge in [-0.2, -0.15) is 22.8 Å². The Morgan fingerprint density at radius 3 is 2.58 bits per heavy atom. The molecule has 7 nitrogen and oxygen atoms in total. The van der Waals surface area contributed by atoms with Crippen molar-refractivity contribution in [2.24, 2.45) is 0 Å². The van der Waals surface area contributed by atoms with Crippen LogP contribution in [0.2, 0.25) is 0 Å². The van der Waals surface area contributed by atoms with E-state index in [-0.39, 0.29) is 24.5 Å².